The van der Waals surface area contributed by atoms with Gasteiger partial charge in [0, 0.05) is 49.5 Å². The number of rotatable bonds is 3. The summed E-state index contributed by atoms with van der Waals surface area (Å²) >= 11 is 6.81. The number of carbonyl (C=O) groups excluding carboxylic acids is 2. The van der Waals surface area contributed by atoms with Gasteiger partial charge in [0.1, 0.15) is 10.8 Å². The van der Waals surface area contributed by atoms with E-state index in [-0.39, 0.29) is 12.0 Å². The Labute approximate surface area is 197 Å². The standard InChI is InChI=1S/C24H27ClN4O4/c1-24(2,3)33-23(31)28-12-10-27(11-13-28)22(30)20-17-15-26-19(32-4)14-18(17)29(21(20)25)16-8-6-5-7-9-16/h5-9,14-15H,10-13H2,1-4H3. The first-order chi connectivity index (χ1) is 15.7. The Balaban J connectivity index is 1.64. The minimum absolute atomic E-state index is 0.199. The monoisotopic (exact) mass is 470 g/mol. The van der Waals surface area contributed by atoms with Crippen LogP contribution in [0.15, 0.2) is 42.6 Å². The summed E-state index contributed by atoms with van der Waals surface area (Å²) in [5.41, 5.74) is 1.38. The van der Waals surface area contributed by atoms with Crippen molar-refractivity contribution in [3.05, 3.63) is 53.3 Å². The normalized spacial score (nSPS) is 14.5. The van der Waals surface area contributed by atoms with Gasteiger partial charge in [-0.3, -0.25) is 9.36 Å². The molecule has 9 heteroatoms. The van der Waals surface area contributed by atoms with Crippen LogP contribution in [0.5, 0.6) is 5.88 Å². The number of nitrogens with zero attached hydrogens (tertiary/aromatic N) is 4. The third kappa shape index (κ3) is 4.61. The molecule has 0 unspecified atom stereocenters. The molecule has 4 rings (SSSR count). The van der Waals surface area contributed by atoms with Crippen LogP contribution in [0.2, 0.25) is 5.15 Å². The number of hydrogen-bond acceptors (Lipinski definition) is 5. The van der Waals surface area contributed by atoms with Crippen LogP contribution in [0.4, 0.5) is 4.79 Å². The summed E-state index contributed by atoms with van der Waals surface area (Å²) in [7, 11) is 1.54. The molecule has 33 heavy (non-hydrogen) atoms. The molecular weight excluding hydrogens is 444 g/mol. The van der Waals surface area contributed by atoms with E-state index in [1.165, 1.54) is 0 Å². The molecule has 0 atom stereocenters. The van der Waals surface area contributed by atoms with Crippen LogP contribution in [-0.2, 0) is 4.74 Å². The number of piperazine rings is 1. The summed E-state index contributed by atoms with van der Waals surface area (Å²) < 4.78 is 12.6. The summed E-state index contributed by atoms with van der Waals surface area (Å²) in [6, 6.07) is 11.4. The van der Waals surface area contributed by atoms with Gasteiger partial charge in [0.25, 0.3) is 5.91 Å². The number of benzene rings is 1. The first kappa shape index (κ1) is 22.9. The zero-order chi connectivity index (χ0) is 23.8. The average Bonchev–Trinajstić information content (AvgIpc) is 3.08. The largest absolute Gasteiger partial charge is 0.481 e. The van der Waals surface area contributed by atoms with Gasteiger partial charge in [-0.15, -0.1) is 0 Å². The van der Waals surface area contributed by atoms with E-state index in [4.69, 9.17) is 21.1 Å². The lowest BCUT2D eigenvalue weighted by atomic mass is 10.1. The summed E-state index contributed by atoms with van der Waals surface area (Å²) in [5, 5.41) is 0.954. The molecule has 1 aliphatic heterocycles. The SMILES string of the molecule is COc1cc2c(cn1)c(C(=O)N1CCN(C(=O)OC(C)(C)C)CC1)c(Cl)n2-c1ccccc1. The Morgan fingerprint density at radius 3 is 2.27 bits per heavy atom. The molecular formula is C24H27ClN4O4. The summed E-state index contributed by atoms with van der Waals surface area (Å²) in [6.45, 7) is 7.05. The quantitative estimate of drug-likeness (QED) is 0.567. The van der Waals surface area contributed by atoms with Crippen molar-refractivity contribution in [1.29, 1.82) is 0 Å². The number of pyridine rings is 1. The van der Waals surface area contributed by atoms with Gasteiger partial charge in [-0.1, -0.05) is 29.8 Å². The topological polar surface area (TPSA) is 76.9 Å². The highest BCUT2D eigenvalue weighted by Crippen LogP contribution is 2.35. The molecule has 0 bridgehead atoms. The number of hydrogen-bond donors (Lipinski definition) is 0. The second-order valence-corrected chi connectivity index (χ2v) is 9.20. The number of carbonyl (C=O) groups is 2. The van der Waals surface area contributed by atoms with Crippen molar-refractivity contribution in [3.63, 3.8) is 0 Å². The molecule has 0 N–H and O–H groups in total. The van der Waals surface area contributed by atoms with Gasteiger partial charge in [-0.2, -0.15) is 0 Å². The van der Waals surface area contributed by atoms with Crippen molar-refractivity contribution in [2.45, 2.75) is 26.4 Å². The van der Waals surface area contributed by atoms with E-state index in [2.05, 4.69) is 4.98 Å². The Hall–Kier alpha value is -3.26. The van der Waals surface area contributed by atoms with E-state index in [9.17, 15) is 9.59 Å². The van der Waals surface area contributed by atoms with Crippen LogP contribution in [0.3, 0.4) is 0 Å². The van der Waals surface area contributed by atoms with Crippen LogP contribution in [0, 0.1) is 0 Å². The van der Waals surface area contributed by atoms with Crippen molar-refractivity contribution in [2.75, 3.05) is 33.3 Å². The van der Waals surface area contributed by atoms with Gasteiger partial charge in [0.2, 0.25) is 5.88 Å². The van der Waals surface area contributed by atoms with Crippen LogP contribution < -0.4 is 4.74 Å². The fourth-order valence-electron chi connectivity index (χ4n) is 3.85. The molecule has 0 spiro atoms. The Morgan fingerprint density at radius 2 is 1.67 bits per heavy atom. The molecule has 0 aliphatic carbocycles. The molecule has 1 saturated heterocycles. The minimum atomic E-state index is -0.565. The Morgan fingerprint density at radius 1 is 1.03 bits per heavy atom. The average molecular weight is 471 g/mol. The molecule has 0 saturated carbocycles. The van der Waals surface area contributed by atoms with E-state index >= 15 is 0 Å². The fourth-order valence-corrected chi connectivity index (χ4v) is 4.23. The molecule has 0 radical (unpaired) electrons. The maximum Gasteiger partial charge on any atom is 0.410 e. The fraction of sp³-hybridized carbons (Fsp3) is 0.375. The lowest BCUT2D eigenvalue weighted by Crippen LogP contribution is -2.51. The molecule has 2 amide bonds. The van der Waals surface area contributed by atoms with Crippen molar-refractivity contribution in [2.24, 2.45) is 0 Å². The van der Waals surface area contributed by atoms with E-state index < -0.39 is 5.60 Å². The first-order valence-electron chi connectivity index (χ1n) is 10.8. The van der Waals surface area contributed by atoms with Crippen LogP contribution in [-0.4, -0.2) is 70.2 Å². The molecule has 1 aliphatic rings. The molecule has 174 valence electrons. The third-order valence-electron chi connectivity index (χ3n) is 5.43. The second-order valence-electron chi connectivity index (χ2n) is 8.84. The molecule has 3 heterocycles. The Bertz CT molecular complexity index is 1180. The van der Waals surface area contributed by atoms with Gasteiger partial charge in [-0.05, 0) is 32.9 Å². The van der Waals surface area contributed by atoms with Gasteiger partial charge in [0.15, 0.2) is 0 Å². The van der Waals surface area contributed by atoms with E-state index in [1.54, 1.807) is 29.2 Å². The predicted molar refractivity (Wildman–Crippen MR) is 126 cm³/mol. The van der Waals surface area contributed by atoms with E-state index in [1.807, 2.05) is 55.7 Å². The predicted octanol–water partition coefficient (Wildman–Crippen LogP) is 4.38. The summed E-state index contributed by atoms with van der Waals surface area (Å²) in [4.78, 5) is 33.6. The number of amides is 2. The molecule has 1 fully saturated rings. The summed E-state index contributed by atoms with van der Waals surface area (Å²) in [6.07, 6.45) is 1.24. The number of fused-ring (bicyclic) bond motifs is 1. The number of aromatic nitrogens is 2. The van der Waals surface area contributed by atoms with Crippen LogP contribution in [0.25, 0.3) is 16.6 Å². The lowest BCUT2D eigenvalue weighted by molar-refractivity contribution is 0.0141. The van der Waals surface area contributed by atoms with Gasteiger partial charge in [-0.25, -0.2) is 9.78 Å². The lowest BCUT2D eigenvalue weighted by Gasteiger charge is -2.35. The first-order valence-corrected chi connectivity index (χ1v) is 11.1. The van der Waals surface area contributed by atoms with Gasteiger partial charge < -0.3 is 19.3 Å². The maximum atomic E-state index is 13.6. The molecule has 2 aromatic heterocycles. The Kier molecular flexibility index (Phi) is 6.21. The highest BCUT2D eigenvalue weighted by Gasteiger charge is 2.31. The number of para-hydroxylation sites is 1. The van der Waals surface area contributed by atoms with Crippen molar-refractivity contribution in [1.82, 2.24) is 19.4 Å². The third-order valence-corrected chi connectivity index (χ3v) is 5.78. The van der Waals surface area contributed by atoms with E-state index in [0.717, 1.165) is 11.2 Å². The molecule has 1 aromatic carbocycles. The second kappa shape index (κ2) is 8.94. The zero-order valence-corrected chi connectivity index (χ0v) is 19.9. The number of methoxy groups -OCH3 is 1. The van der Waals surface area contributed by atoms with E-state index in [0.29, 0.717) is 48.2 Å². The van der Waals surface area contributed by atoms with Crippen molar-refractivity contribution >= 4 is 34.5 Å². The highest BCUT2D eigenvalue weighted by atomic mass is 35.5. The van der Waals surface area contributed by atoms with Crippen molar-refractivity contribution < 1.29 is 19.1 Å². The number of halogens is 1. The van der Waals surface area contributed by atoms with Gasteiger partial charge in [0.05, 0.1) is 18.2 Å². The van der Waals surface area contributed by atoms with Gasteiger partial charge >= 0.3 is 6.09 Å². The minimum Gasteiger partial charge on any atom is -0.481 e. The zero-order valence-electron chi connectivity index (χ0n) is 19.2. The summed E-state index contributed by atoms with van der Waals surface area (Å²) in [5.74, 6) is 0.231. The maximum absolute atomic E-state index is 13.6. The molecule has 3 aromatic rings. The van der Waals surface area contributed by atoms with Crippen LogP contribution in [0.1, 0.15) is 31.1 Å². The molecule has 8 nitrogen and oxygen atoms in total. The van der Waals surface area contributed by atoms with Crippen molar-refractivity contribution in [3.8, 4) is 11.6 Å². The van der Waals surface area contributed by atoms with Crippen LogP contribution >= 0.6 is 11.6 Å². The number of ether oxygens (including phenoxy) is 2. The highest BCUT2D eigenvalue weighted by molar-refractivity contribution is 6.36. The smallest absolute Gasteiger partial charge is 0.410 e.